The second kappa shape index (κ2) is 3.63. The highest BCUT2D eigenvalue weighted by atomic mass is 19.4. The van der Waals surface area contributed by atoms with Crippen LogP contribution >= 0.6 is 0 Å². The smallest absolute Gasteiger partial charge is 0.421 e. The summed E-state index contributed by atoms with van der Waals surface area (Å²) in [6.07, 6.45) is -10.0. The normalized spacial score (nSPS) is 12.7. The van der Waals surface area contributed by atoms with Gasteiger partial charge >= 0.3 is 12.4 Å². The SMILES string of the molecule is FC(F)(F)C(=Cc1ccco1)C(F)(F)F. The van der Waals surface area contributed by atoms with Gasteiger partial charge in [0.25, 0.3) is 0 Å². The average Bonchev–Trinajstić information content (AvgIpc) is 2.46. The van der Waals surface area contributed by atoms with Crippen molar-refractivity contribution < 1.29 is 30.8 Å². The average molecular weight is 230 g/mol. The third-order valence-electron chi connectivity index (χ3n) is 1.44. The van der Waals surface area contributed by atoms with E-state index in [4.69, 9.17) is 0 Å². The van der Waals surface area contributed by atoms with Crippen molar-refractivity contribution in [1.82, 2.24) is 0 Å². The van der Waals surface area contributed by atoms with Crippen LogP contribution in [0.25, 0.3) is 6.08 Å². The molecular weight excluding hydrogens is 226 g/mol. The summed E-state index contributed by atoms with van der Waals surface area (Å²) >= 11 is 0. The van der Waals surface area contributed by atoms with E-state index in [9.17, 15) is 26.3 Å². The second-order valence-corrected chi connectivity index (χ2v) is 2.57. The quantitative estimate of drug-likeness (QED) is 0.669. The zero-order valence-corrected chi connectivity index (χ0v) is 6.99. The number of hydrogen-bond acceptors (Lipinski definition) is 1. The van der Waals surface area contributed by atoms with Crippen molar-refractivity contribution in [3.8, 4) is 0 Å². The number of furan rings is 1. The predicted molar refractivity (Wildman–Crippen MR) is 38.8 cm³/mol. The molecule has 1 rings (SSSR count). The summed E-state index contributed by atoms with van der Waals surface area (Å²) < 4.78 is 76.2. The van der Waals surface area contributed by atoms with Gasteiger partial charge in [-0.05, 0) is 18.2 Å². The first-order valence-corrected chi connectivity index (χ1v) is 3.61. The maximum atomic E-state index is 12.0. The lowest BCUT2D eigenvalue weighted by Gasteiger charge is -2.14. The van der Waals surface area contributed by atoms with Gasteiger partial charge in [-0.15, -0.1) is 0 Å². The van der Waals surface area contributed by atoms with Crippen molar-refractivity contribution in [3.05, 3.63) is 29.7 Å². The van der Waals surface area contributed by atoms with Crippen LogP contribution in [0.1, 0.15) is 5.76 Å². The van der Waals surface area contributed by atoms with Crippen LogP contribution in [0.5, 0.6) is 0 Å². The molecule has 0 unspecified atom stereocenters. The Kier molecular flexibility index (Phi) is 2.83. The Labute approximate surface area is 80.0 Å². The summed E-state index contributed by atoms with van der Waals surface area (Å²) in [4.78, 5) is 0. The summed E-state index contributed by atoms with van der Waals surface area (Å²) in [5.74, 6) is -0.500. The monoisotopic (exact) mass is 230 g/mol. The third kappa shape index (κ3) is 3.03. The molecule has 15 heavy (non-hydrogen) atoms. The third-order valence-corrected chi connectivity index (χ3v) is 1.44. The Bertz CT molecular complexity index is 326. The molecule has 0 aliphatic heterocycles. The lowest BCUT2D eigenvalue weighted by molar-refractivity contribution is -0.170. The summed E-state index contributed by atoms with van der Waals surface area (Å²) in [6.45, 7) is 0. The van der Waals surface area contributed by atoms with Gasteiger partial charge in [0, 0.05) is 0 Å². The molecule has 0 aliphatic carbocycles. The van der Waals surface area contributed by atoms with E-state index < -0.39 is 23.7 Å². The van der Waals surface area contributed by atoms with E-state index in [1.807, 2.05) is 0 Å². The van der Waals surface area contributed by atoms with E-state index in [2.05, 4.69) is 4.42 Å². The molecule has 0 amide bonds. The molecule has 0 aliphatic rings. The number of rotatable bonds is 1. The fourth-order valence-corrected chi connectivity index (χ4v) is 0.840. The van der Waals surface area contributed by atoms with Crippen molar-refractivity contribution >= 4 is 6.08 Å². The van der Waals surface area contributed by atoms with Crippen molar-refractivity contribution in [2.45, 2.75) is 12.4 Å². The van der Waals surface area contributed by atoms with Crippen LogP contribution in [0, 0.1) is 0 Å². The topological polar surface area (TPSA) is 13.1 Å². The summed E-state index contributed by atoms with van der Waals surface area (Å²) in [6, 6.07) is 2.19. The van der Waals surface area contributed by atoms with Crippen molar-refractivity contribution in [1.29, 1.82) is 0 Å². The standard InChI is InChI=1S/C8H4F6O/c9-7(10,11)6(8(12,13)14)4-5-2-1-3-15-5/h1-4H. The molecule has 0 saturated heterocycles. The van der Waals surface area contributed by atoms with Gasteiger partial charge in [-0.3, -0.25) is 0 Å². The van der Waals surface area contributed by atoms with Crippen molar-refractivity contribution in [3.63, 3.8) is 0 Å². The van der Waals surface area contributed by atoms with Crippen LogP contribution in [0.15, 0.2) is 28.4 Å². The maximum absolute atomic E-state index is 12.0. The van der Waals surface area contributed by atoms with Crippen LogP contribution in [0.4, 0.5) is 26.3 Å². The van der Waals surface area contributed by atoms with Crippen LogP contribution in [-0.2, 0) is 0 Å². The minimum atomic E-state index is -5.45. The molecule has 1 aromatic heterocycles. The molecule has 0 fully saturated rings. The predicted octanol–water partition coefficient (Wildman–Crippen LogP) is 3.79. The van der Waals surface area contributed by atoms with Crippen molar-refractivity contribution in [2.24, 2.45) is 0 Å². The van der Waals surface area contributed by atoms with E-state index in [-0.39, 0.29) is 6.08 Å². The lowest BCUT2D eigenvalue weighted by Crippen LogP contribution is -2.25. The Hall–Kier alpha value is -1.40. The van der Waals surface area contributed by atoms with E-state index >= 15 is 0 Å². The molecule has 1 nitrogen and oxygen atoms in total. The van der Waals surface area contributed by atoms with E-state index in [1.54, 1.807) is 0 Å². The first-order chi connectivity index (χ1) is 6.71. The molecular formula is C8H4F6O. The lowest BCUT2D eigenvalue weighted by atomic mass is 10.2. The minimum absolute atomic E-state index is 0.0833. The first-order valence-electron chi connectivity index (χ1n) is 3.61. The highest BCUT2D eigenvalue weighted by Crippen LogP contribution is 2.39. The Balaban J connectivity index is 3.14. The molecule has 1 heterocycles. The van der Waals surface area contributed by atoms with Gasteiger partial charge < -0.3 is 4.42 Å². The van der Waals surface area contributed by atoms with Gasteiger partial charge in [0.15, 0.2) is 0 Å². The van der Waals surface area contributed by atoms with E-state index in [1.165, 1.54) is 6.07 Å². The van der Waals surface area contributed by atoms with Gasteiger partial charge in [0.1, 0.15) is 11.3 Å². The molecule has 0 aromatic carbocycles. The molecule has 0 bridgehead atoms. The molecule has 1 aromatic rings. The Morgan fingerprint density at radius 2 is 1.60 bits per heavy atom. The number of alkyl halides is 6. The fourth-order valence-electron chi connectivity index (χ4n) is 0.840. The maximum Gasteiger partial charge on any atom is 0.421 e. The molecule has 0 atom stereocenters. The van der Waals surface area contributed by atoms with Crippen LogP contribution in [0.2, 0.25) is 0 Å². The van der Waals surface area contributed by atoms with Gasteiger partial charge in [-0.1, -0.05) is 0 Å². The fraction of sp³-hybridized carbons (Fsp3) is 0.250. The van der Waals surface area contributed by atoms with Gasteiger partial charge in [-0.2, -0.15) is 26.3 Å². The first kappa shape index (κ1) is 11.7. The van der Waals surface area contributed by atoms with Gasteiger partial charge in [-0.25, -0.2) is 0 Å². The number of allylic oxidation sites excluding steroid dienone is 1. The minimum Gasteiger partial charge on any atom is -0.465 e. The van der Waals surface area contributed by atoms with Crippen LogP contribution in [0.3, 0.4) is 0 Å². The zero-order valence-electron chi connectivity index (χ0n) is 6.99. The summed E-state index contributed by atoms with van der Waals surface area (Å²) in [5, 5.41) is 0. The second-order valence-electron chi connectivity index (χ2n) is 2.57. The van der Waals surface area contributed by atoms with E-state index in [0.29, 0.717) is 0 Å². The number of halogens is 6. The molecule has 0 radical (unpaired) electrons. The Morgan fingerprint density at radius 3 is 1.93 bits per heavy atom. The molecule has 84 valence electrons. The van der Waals surface area contributed by atoms with Crippen molar-refractivity contribution in [2.75, 3.05) is 0 Å². The van der Waals surface area contributed by atoms with Gasteiger partial charge in [0.2, 0.25) is 0 Å². The zero-order chi connectivity index (χ0) is 11.7. The molecule has 7 heteroatoms. The van der Waals surface area contributed by atoms with Crippen LogP contribution < -0.4 is 0 Å². The summed E-state index contributed by atoms with van der Waals surface area (Å²) in [7, 11) is 0. The molecule has 0 spiro atoms. The molecule has 0 saturated carbocycles. The van der Waals surface area contributed by atoms with Gasteiger partial charge in [0.05, 0.1) is 6.26 Å². The number of hydrogen-bond donors (Lipinski definition) is 0. The summed E-state index contributed by atoms with van der Waals surface area (Å²) in [5.41, 5.74) is -2.59. The Morgan fingerprint density at radius 1 is 1.07 bits per heavy atom. The highest BCUT2D eigenvalue weighted by molar-refractivity contribution is 5.50. The largest absolute Gasteiger partial charge is 0.465 e. The van der Waals surface area contributed by atoms with Crippen LogP contribution in [-0.4, -0.2) is 12.4 Å². The highest BCUT2D eigenvalue weighted by Gasteiger charge is 2.50. The van der Waals surface area contributed by atoms with E-state index in [0.717, 1.165) is 12.3 Å². The molecule has 0 N–H and O–H groups in total.